The van der Waals surface area contributed by atoms with Crippen LogP contribution < -0.4 is 0 Å². The highest BCUT2D eigenvalue weighted by Gasteiger charge is 2.36. The molecule has 1 saturated heterocycles. The third kappa shape index (κ3) is 1.93. The average Bonchev–Trinajstić information content (AvgIpc) is 3.02. The molecule has 3 rings (SSSR count). The minimum atomic E-state index is -0.905. The van der Waals surface area contributed by atoms with Gasteiger partial charge in [0, 0.05) is 10.6 Å². The summed E-state index contributed by atoms with van der Waals surface area (Å²) in [4.78, 5) is 26.9. The second-order valence-electron chi connectivity index (χ2n) is 4.54. The Hall–Kier alpha value is -1.01. The van der Waals surface area contributed by atoms with Crippen molar-refractivity contribution in [2.75, 3.05) is 11.6 Å². The number of carbonyl (C=O) groups is 2. The van der Waals surface area contributed by atoms with E-state index in [4.69, 9.17) is 5.11 Å². The number of carbonyl (C=O) groups excluding carboxylic acids is 1. The number of hydrogen-bond acceptors (Lipinski definition) is 4. The van der Waals surface area contributed by atoms with E-state index in [-0.39, 0.29) is 5.91 Å². The van der Waals surface area contributed by atoms with Gasteiger partial charge < -0.3 is 10.0 Å². The van der Waals surface area contributed by atoms with Crippen LogP contribution in [0.2, 0.25) is 0 Å². The number of nitrogens with zero attached hydrogens (tertiary/aromatic N) is 1. The second-order valence-corrected chi connectivity index (χ2v) is 6.68. The SMILES string of the molecule is O=C(O)C1CSCN1C(=O)c1cc2c(s1)CCC2. The third-order valence-electron chi connectivity index (χ3n) is 3.39. The van der Waals surface area contributed by atoms with Gasteiger partial charge in [0.25, 0.3) is 5.91 Å². The third-order valence-corrected chi connectivity index (χ3v) is 5.62. The highest BCUT2D eigenvalue weighted by atomic mass is 32.2. The molecule has 18 heavy (non-hydrogen) atoms. The molecule has 0 spiro atoms. The molecule has 2 heterocycles. The van der Waals surface area contributed by atoms with E-state index in [0.29, 0.717) is 16.5 Å². The fraction of sp³-hybridized carbons (Fsp3) is 0.500. The second kappa shape index (κ2) is 4.59. The zero-order chi connectivity index (χ0) is 12.7. The number of carboxylic acid groups (broad SMARTS) is 1. The molecule has 1 N–H and O–H groups in total. The van der Waals surface area contributed by atoms with Crippen LogP contribution in [0.15, 0.2) is 6.07 Å². The largest absolute Gasteiger partial charge is 0.480 e. The first-order valence-corrected chi connectivity index (χ1v) is 7.87. The van der Waals surface area contributed by atoms with Gasteiger partial charge in [-0.15, -0.1) is 23.1 Å². The van der Waals surface area contributed by atoms with Crippen LogP contribution in [-0.2, 0) is 17.6 Å². The molecule has 2 aliphatic rings. The summed E-state index contributed by atoms with van der Waals surface area (Å²) < 4.78 is 0. The van der Waals surface area contributed by atoms with Gasteiger partial charge in [-0.2, -0.15) is 0 Å². The topological polar surface area (TPSA) is 57.6 Å². The number of rotatable bonds is 2. The number of hydrogen-bond donors (Lipinski definition) is 1. The van der Waals surface area contributed by atoms with Gasteiger partial charge in [0.05, 0.1) is 10.8 Å². The molecule has 1 aliphatic carbocycles. The van der Waals surface area contributed by atoms with Crippen LogP contribution in [0.25, 0.3) is 0 Å². The highest BCUT2D eigenvalue weighted by molar-refractivity contribution is 7.99. The lowest BCUT2D eigenvalue weighted by molar-refractivity contribution is -0.140. The Balaban J connectivity index is 1.83. The fourth-order valence-electron chi connectivity index (χ4n) is 2.42. The number of fused-ring (bicyclic) bond motifs is 1. The van der Waals surface area contributed by atoms with Gasteiger partial charge in [0.2, 0.25) is 0 Å². The van der Waals surface area contributed by atoms with E-state index in [1.54, 1.807) is 0 Å². The normalized spacial score (nSPS) is 22.2. The lowest BCUT2D eigenvalue weighted by Crippen LogP contribution is -2.41. The van der Waals surface area contributed by atoms with Crippen molar-refractivity contribution in [2.24, 2.45) is 0 Å². The number of thioether (sulfide) groups is 1. The Morgan fingerprint density at radius 3 is 2.94 bits per heavy atom. The van der Waals surface area contributed by atoms with E-state index >= 15 is 0 Å². The van der Waals surface area contributed by atoms with Crippen molar-refractivity contribution in [3.63, 3.8) is 0 Å². The van der Waals surface area contributed by atoms with E-state index in [2.05, 4.69) is 0 Å². The maximum Gasteiger partial charge on any atom is 0.327 e. The molecule has 6 heteroatoms. The minimum Gasteiger partial charge on any atom is -0.480 e. The van der Waals surface area contributed by atoms with Gasteiger partial charge in [0.15, 0.2) is 0 Å². The van der Waals surface area contributed by atoms with E-state index in [0.717, 1.165) is 12.8 Å². The Bertz CT molecular complexity index is 490. The summed E-state index contributed by atoms with van der Waals surface area (Å²) in [5.41, 5.74) is 1.28. The monoisotopic (exact) mass is 283 g/mol. The van der Waals surface area contributed by atoms with Gasteiger partial charge in [-0.1, -0.05) is 0 Å². The zero-order valence-corrected chi connectivity index (χ0v) is 11.4. The number of aryl methyl sites for hydroxylation is 2. The van der Waals surface area contributed by atoms with Crippen molar-refractivity contribution in [1.29, 1.82) is 0 Å². The van der Waals surface area contributed by atoms with Crippen molar-refractivity contribution >= 4 is 35.0 Å². The summed E-state index contributed by atoms with van der Waals surface area (Å²) in [6, 6.07) is 1.29. The lowest BCUT2D eigenvalue weighted by atomic mass is 10.2. The van der Waals surface area contributed by atoms with Crippen LogP contribution in [0.5, 0.6) is 0 Å². The molecule has 1 fully saturated rings. The van der Waals surface area contributed by atoms with E-state index in [1.807, 2.05) is 6.07 Å². The van der Waals surface area contributed by atoms with Gasteiger partial charge in [-0.3, -0.25) is 4.79 Å². The molecule has 1 amide bonds. The van der Waals surface area contributed by atoms with Crippen LogP contribution in [0.3, 0.4) is 0 Å². The van der Waals surface area contributed by atoms with Gasteiger partial charge in [-0.05, 0) is 30.9 Å². The number of thiophene rings is 1. The predicted octanol–water partition coefficient (Wildman–Crippen LogP) is 1.84. The summed E-state index contributed by atoms with van der Waals surface area (Å²) in [7, 11) is 0. The van der Waals surface area contributed by atoms with E-state index in [9.17, 15) is 9.59 Å². The summed E-state index contributed by atoms with van der Waals surface area (Å²) in [5.74, 6) is -0.0471. The summed E-state index contributed by atoms with van der Waals surface area (Å²) >= 11 is 3.04. The van der Waals surface area contributed by atoms with Crippen molar-refractivity contribution in [3.05, 3.63) is 21.4 Å². The van der Waals surface area contributed by atoms with Gasteiger partial charge in [0.1, 0.15) is 6.04 Å². The molecule has 96 valence electrons. The van der Waals surface area contributed by atoms with Crippen molar-refractivity contribution < 1.29 is 14.7 Å². The molecule has 0 aromatic carbocycles. The molecule has 0 saturated carbocycles. The fourth-order valence-corrected chi connectivity index (χ4v) is 4.78. The summed E-state index contributed by atoms with van der Waals surface area (Å²) in [5, 5.41) is 9.09. The Labute approximate surface area is 113 Å². The molecular formula is C12H13NO3S2. The Kier molecular flexibility index (Phi) is 3.07. The predicted molar refractivity (Wildman–Crippen MR) is 71.3 cm³/mol. The number of amides is 1. The molecule has 0 radical (unpaired) electrons. The Morgan fingerprint density at radius 2 is 2.22 bits per heavy atom. The van der Waals surface area contributed by atoms with Gasteiger partial charge in [-0.25, -0.2) is 4.79 Å². The molecule has 1 aromatic rings. The van der Waals surface area contributed by atoms with E-state index < -0.39 is 12.0 Å². The maximum absolute atomic E-state index is 12.3. The first-order valence-electron chi connectivity index (χ1n) is 5.90. The molecule has 4 nitrogen and oxygen atoms in total. The van der Waals surface area contributed by atoms with Gasteiger partial charge >= 0.3 is 5.97 Å². The van der Waals surface area contributed by atoms with Crippen LogP contribution in [0.1, 0.15) is 26.5 Å². The summed E-state index contributed by atoms with van der Waals surface area (Å²) in [6.07, 6.45) is 3.29. The Morgan fingerprint density at radius 1 is 1.39 bits per heavy atom. The quantitative estimate of drug-likeness (QED) is 0.899. The maximum atomic E-state index is 12.3. The zero-order valence-electron chi connectivity index (χ0n) is 9.72. The van der Waals surface area contributed by atoms with Crippen LogP contribution in [0, 0.1) is 0 Å². The summed E-state index contributed by atoms with van der Waals surface area (Å²) in [6.45, 7) is 0. The smallest absolute Gasteiger partial charge is 0.327 e. The van der Waals surface area contributed by atoms with Crippen molar-refractivity contribution in [1.82, 2.24) is 4.90 Å². The van der Waals surface area contributed by atoms with Crippen LogP contribution >= 0.6 is 23.1 Å². The molecule has 1 aliphatic heterocycles. The number of carboxylic acids is 1. The van der Waals surface area contributed by atoms with Crippen LogP contribution in [-0.4, -0.2) is 39.6 Å². The average molecular weight is 283 g/mol. The molecule has 1 atom stereocenters. The minimum absolute atomic E-state index is 0.119. The lowest BCUT2D eigenvalue weighted by Gasteiger charge is -2.19. The van der Waals surface area contributed by atoms with Crippen molar-refractivity contribution in [2.45, 2.75) is 25.3 Å². The van der Waals surface area contributed by atoms with E-state index in [1.165, 1.54) is 44.9 Å². The molecule has 1 aromatic heterocycles. The molecular weight excluding hydrogens is 270 g/mol. The van der Waals surface area contributed by atoms with Crippen molar-refractivity contribution in [3.8, 4) is 0 Å². The number of aliphatic carboxylic acids is 1. The highest BCUT2D eigenvalue weighted by Crippen LogP contribution is 2.33. The first-order chi connectivity index (χ1) is 8.66. The first kappa shape index (κ1) is 12.0. The molecule has 1 unspecified atom stereocenters. The molecule has 0 bridgehead atoms. The van der Waals surface area contributed by atoms with Crippen LogP contribution in [0.4, 0.5) is 0 Å². The standard InChI is InChI=1S/C12H13NO3S2/c14-11(13-6-17-5-8(13)12(15)16)10-4-7-2-1-3-9(7)18-10/h4,8H,1-3,5-6H2,(H,15,16).